The summed E-state index contributed by atoms with van der Waals surface area (Å²) in [5, 5.41) is 0. The average Bonchev–Trinajstić information content (AvgIpc) is 2.92. The summed E-state index contributed by atoms with van der Waals surface area (Å²) in [6, 6.07) is 30.9. The molecule has 0 amide bonds. The van der Waals surface area contributed by atoms with E-state index < -0.39 is 0 Å². The lowest BCUT2D eigenvalue weighted by Crippen LogP contribution is -2.14. The normalized spacial score (nSPS) is 16.1. The van der Waals surface area contributed by atoms with E-state index in [9.17, 15) is 0 Å². The van der Waals surface area contributed by atoms with Crippen LogP contribution in [0.4, 0.5) is 0 Å². The lowest BCUT2D eigenvalue weighted by molar-refractivity contribution is 0.0273. The minimum Gasteiger partial charge on any atom is -0.491 e. The third kappa shape index (κ3) is 5.93. The Hall–Kier alpha value is -3.60. The molecule has 4 aromatic carbocycles. The Morgan fingerprint density at radius 2 is 0.737 bits per heavy atom. The largest absolute Gasteiger partial charge is 0.491 e. The lowest BCUT2D eigenvalue weighted by atomic mass is 9.92. The van der Waals surface area contributed by atoms with Crippen molar-refractivity contribution in [2.75, 3.05) is 39.6 Å². The molecule has 2 aliphatic rings. The van der Waals surface area contributed by atoms with E-state index in [-0.39, 0.29) is 0 Å². The highest BCUT2D eigenvalue weighted by atomic mass is 16.6. The van der Waals surface area contributed by atoms with E-state index in [4.69, 9.17) is 18.9 Å². The highest BCUT2D eigenvalue weighted by molar-refractivity contribution is 5.51. The Labute approximate surface area is 225 Å². The molecule has 0 N–H and O–H groups in total. The van der Waals surface area contributed by atoms with Crippen molar-refractivity contribution in [1.29, 1.82) is 0 Å². The average molecular weight is 507 g/mol. The molecule has 10 bridgehead atoms. The summed E-state index contributed by atoms with van der Waals surface area (Å²) < 4.78 is 24.4. The first kappa shape index (κ1) is 24.7. The molecule has 1 aliphatic heterocycles. The smallest absolute Gasteiger partial charge is 0.126 e. The Kier molecular flexibility index (Phi) is 7.71. The fourth-order valence-corrected chi connectivity index (χ4v) is 5.51. The van der Waals surface area contributed by atoms with Crippen LogP contribution in [0.5, 0.6) is 11.5 Å². The van der Waals surface area contributed by atoms with Crippen LogP contribution in [0.3, 0.4) is 0 Å². The zero-order valence-electron chi connectivity index (χ0n) is 21.8. The summed E-state index contributed by atoms with van der Waals surface area (Å²) in [7, 11) is 0. The predicted octanol–water partition coefficient (Wildman–Crippen LogP) is 6.17. The molecule has 0 radical (unpaired) electrons. The van der Waals surface area contributed by atoms with Crippen LogP contribution in [0.1, 0.15) is 44.5 Å². The molecular weight excluding hydrogens is 472 g/mol. The zero-order valence-corrected chi connectivity index (χ0v) is 21.8. The Bertz CT molecular complexity index is 1290. The standard InChI is InChI=1S/C34H34O4/c1-5-25-19-26-6-2-8-28(21-26)23-30-10-4-12-32-24-31-11-3-9-29(22-27(7-1)20-25)33(31)37-17-15-35-13-14-36-16-18-38-34(30)32/h1-12,20-21H,13-19,22-24H2. The molecule has 4 aromatic rings. The van der Waals surface area contributed by atoms with Gasteiger partial charge in [0.15, 0.2) is 0 Å². The molecule has 0 saturated carbocycles. The molecule has 6 rings (SSSR count). The summed E-state index contributed by atoms with van der Waals surface area (Å²) in [5.41, 5.74) is 9.95. The molecule has 0 unspecified atom stereocenters. The van der Waals surface area contributed by atoms with Gasteiger partial charge in [-0.1, -0.05) is 84.9 Å². The van der Waals surface area contributed by atoms with E-state index in [1.165, 1.54) is 44.5 Å². The Morgan fingerprint density at radius 1 is 0.368 bits per heavy atom. The van der Waals surface area contributed by atoms with E-state index in [0.29, 0.717) is 39.6 Å². The second kappa shape index (κ2) is 11.8. The molecule has 4 nitrogen and oxygen atoms in total. The summed E-state index contributed by atoms with van der Waals surface area (Å²) in [5.74, 6) is 1.92. The monoisotopic (exact) mass is 506 g/mol. The lowest BCUT2D eigenvalue weighted by Gasteiger charge is -2.20. The van der Waals surface area contributed by atoms with Crippen LogP contribution in [-0.2, 0) is 35.2 Å². The Morgan fingerprint density at radius 3 is 1.21 bits per heavy atom. The first-order chi connectivity index (χ1) is 18.8. The van der Waals surface area contributed by atoms with Gasteiger partial charge in [-0.25, -0.2) is 0 Å². The number of hydrogen-bond acceptors (Lipinski definition) is 4. The molecule has 38 heavy (non-hydrogen) atoms. The van der Waals surface area contributed by atoms with Crippen LogP contribution < -0.4 is 9.47 Å². The van der Waals surface area contributed by atoms with Crippen LogP contribution >= 0.6 is 0 Å². The topological polar surface area (TPSA) is 36.9 Å². The summed E-state index contributed by atoms with van der Waals surface area (Å²) >= 11 is 0. The zero-order chi connectivity index (χ0) is 25.6. The van der Waals surface area contributed by atoms with Crippen molar-refractivity contribution in [2.24, 2.45) is 0 Å². The maximum atomic E-state index is 6.45. The molecule has 4 heteroatoms. The number of para-hydroxylation sites is 2. The molecule has 0 aromatic heterocycles. The van der Waals surface area contributed by atoms with E-state index in [1.807, 2.05) is 0 Å². The van der Waals surface area contributed by atoms with Gasteiger partial charge in [-0.15, -0.1) is 0 Å². The van der Waals surface area contributed by atoms with Gasteiger partial charge >= 0.3 is 0 Å². The molecule has 0 fully saturated rings. The summed E-state index contributed by atoms with van der Waals surface area (Å²) in [6.45, 7) is 3.15. The summed E-state index contributed by atoms with van der Waals surface area (Å²) in [6.07, 6.45) is 3.27. The van der Waals surface area contributed by atoms with Crippen molar-refractivity contribution in [3.63, 3.8) is 0 Å². The van der Waals surface area contributed by atoms with Crippen LogP contribution in [0.15, 0.2) is 84.9 Å². The molecular formula is C34H34O4. The van der Waals surface area contributed by atoms with Crippen molar-refractivity contribution >= 4 is 0 Å². The van der Waals surface area contributed by atoms with Crippen molar-refractivity contribution < 1.29 is 18.9 Å². The SMILES string of the molecule is c1cc2cc(c1)Cc1cccc3c1OCCOCCOCCOc1c(cccc1C3)Cc1cccc(c1)C2. The first-order valence-corrected chi connectivity index (χ1v) is 13.6. The van der Waals surface area contributed by atoms with E-state index in [2.05, 4.69) is 84.9 Å². The molecule has 0 spiro atoms. The van der Waals surface area contributed by atoms with Crippen molar-refractivity contribution in [1.82, 2.24) is 0 Å². The van der Waals surface area contributed by atoms with Crippen LogP contribution in [0.2, 0.25) is 0 Å². The third-order valence-electron chi connectivity index (χ3n) is 7.24. The third-order valence-corrected chi connectivity index (χ3v) is 7.24. The fourth-order valence-electron chi connectivity index (χ4n) is 5.51. The van der Waals surface area contributed by atoms with Gasteiger partial charge < -0.3 is 18.9 Å². The van der Waals surface area contributed by atoms with E-state index in [1.54, 1.807) is 0 Å². The van der Waals surface area contributed by atoms with Crippen LogP contribution in [0, 0.1) is 0 Å². The second-order valence-electron chi connectivity index (χ2n) is 10.1. The molecule has 0 saturated heterocycles. The number of benzene rings is 4. The maximum Gasteiger partial charge on any atom is 0.126 e. The van der Waals surface area contributed by atoms with Crippen molar-refractivity contribution in [3.05, 3.63) is 129 Å². The minimum atomic E-state index is 0.502. The second-order valence-corrected chi connectivity index (χ2v) is 10.1. The quantitative estimate of drug-likeness (QED) is 0.252. The molecule has 1 aliphatic carbocycles. The first-order valence-electron chi connectivity index (χ1n) is 13.6. The van der Waals surface area contributed by atoms with Gasteiger partial charge in [0, 0.05) is 19.3 Å². The van der Waals surface area contributed by atoms with Crippen molar-refractivity contribution in [2.45, 2.75) is 25.7 Å². The molecule has 0 atom stereocenters. The highest BCUT2D eigenvalue weighted by Gasteiger charge is 2.17. The van der Waals surface area contributed by atoms with Gasteiger partial charge in [0.1, 0.15) is 24.7 Å². The number of ether oxygens (including phenoxy) is 4. The van der Waals surface area contributed by atoms with E-state index in [0.717, 1.165) is 37.2 Å². The van der Waals surface area contributed by atoms with Gasteiger partial charge in [-0.2, -0.15) is 0 Å². The molecule has 1 heterocycles. The van der Waals surface area contributed by atoms with Gasteiger partial charge in [-0.05, 0) is 50.9 Å². The van der Waals surface area contributed by atoms with Crippen LogP contribution in [0.25, 0.3) is 0 Å². The van der Waals surface area contributed by atoms with Gasteiger partial charge in [-0.3, -0.25) is 0 Å². The number of hydrogen-bond donors (Lipinski definition) is 0. The fraction of sp³-hybridized carbons (Fsp3) is 0.294. The molecule has 194 valence electrons. The number of rotatable bonds is 0. The highest BCUT2D eigenvalue weighted by Crippen LogP contribution is 2.34. The van der Waals surface area contributed by atoms with Gasteiger partial charge in [0.2, 0.25) is 0 Å². The van der Waals surface area contributed by atoms with E-state index >= 15 is 0 Å². The maximum absolute atomic E-state index is 6.45. The minimum absolute atomic E-state index is 0.502. The van der Waals surface area contributed by atoms with Gasteiger partial charge in [0.25, 0.3) is 0 Å². The summed E-state index contributed by atoms with van der Waals surface area (Å²) in [4.78, 5) is 0. The Balaban J connectivity index is 1.49. The van der Waals surface area contributed by atoms with Gasteiger partial charge in [0.05, 0.1) is 26.4 Å². The van der Waals surface area contributed by atoms with Crippen molar-refractivity contribution in [3.8, 4) is 11.5 Å². The predicted molar refractivity (Wildman–Crippen MR) is 150 cm³/mol. The number of fused-ring (bicyclic) bond motifs is 4. The van der Waals surface area contributed by atoms with Crippen LogP contribution in [-0.4, -0.2) is 39.6 Å².